The Morgan fingerprint density at radius 3 is 2.67 bits per heavy atom. The zero-order valence-electron chi connectivity index (χ0n) is 9.47. The Balaban J connectivity index is 2.09. The van der Waals surface area contributed by atoms with Gasteiger partial charge < -0.3 is 9.84 Å². The van der Waals surface area contributed by atoms with Gasteiger partial charge in [0.2, 0.25) is 0 Å². The second-order valence-corrected chi connectivity index (χ2v) is 4.89. The van der Waals surface area contributed by atoms with Gasteiger partial charge in [0, 0.05) is 0 Å². The van der Waals surface area contributed by atoms with Crippen molar-refractivity contribution in [3.8, 4) is 5.75 Å². The molecule has 0 heterocycles. The summed E-state index contributed by atoms with van der Waals surface area (Å²) in [6.07, 6.45) is 0. The van der Waals surface area contributed by atoms with Crippen LogP contribution in [0.3, 0.4) is 0 Å². The van der Waals surface area contributed by atoms with Gasteiger partial charge in [-0.05, 0) is 52.4 Å². The van der Waals surface area contributed by atoms with E-state index < -0.39 is 5.97 Å². The van der Waals surface area contributed by atoms with Gasteiger partial charge >= 0.3 is 5.97 Å². The van der Waals surface area contributed by atoms with E-state index in [1.165, 1.54) is 0 Å². The largest absolute Gasteiger partial charge is 0.488 e. The number of hydrogen-bond acceptors (Lipinski definition) is 2. The fourth-order valence-electron chi connectivity index (χ4n) is 1.52. The normalized spacial score (nSPS) is 10.1. The number of carboxylic acids is 1. The smallest absolute Gasteiger partial charge is 0.335 e. The quantitative estimate of drug-likeness (QED) is 0.854. The maximum absolute atomic E-state index is 10.8. The minimum atomic E-state index is -0.925. The first-order valence-electron chi connectivity index (χ1n) is 5.36. The van der Waals surface area contributed by atoms with Crippen LogP contribution in [-0.2, 0) is 6.61 Å². The van der Waals surface area contributed by atoms with Crippen LogP contribution in [0.15, 0.2) is 48.5 Å². The molecule has 1 N–H and O–H groups in total. The fourth-order valence-corrected chi connectivity index (χ4v) is 2.06. The summed E-state index contributed by atoms with van der Waals surface area (Å²) in [6.45, 7) is 0.362. The number of carboxylic acid groups (broad SMARTS) is 1. The molecule has 0 aliphatic heterocycles. The molecule has 0 spiro atoms. The van der Waals surface area contributed by atoms with Gasteiger partial charge in [0.25, 0.3) is 0 Å². The predicted octanol–water partition coefficient (Wildman–Crippen LogP) is 3.57. The zero-order valence-corrected chi connectivity index (χ0v) is 11.6. The van der Waals surface area contributed by atoms with Crippen LogP contribution in [0.5, 0.6) is 5.75 Å². The second kappa shape index (κ2) is 5.86. The van der Waals surface area contributed by atoms with Crippen molar-refractivity contribution in [1.29, 1.82) is 0 Å². The van der Waals surface area contributed by atoms with Gasteiger partial charge in [0.1, 0.15) is 12.4 Å². The summed E-state index contributed by atoms with van der Waals surface area (Å²) in [4.78, 5) is 10.8. The van der Waals surface area contributed by atoms with Crippen LogP contribution in [0.2, 0.25) is 0 Å². The van der Waals surface area contributed by atoms with Crippen molar-refractivity contribution in [1.82, 2.24) is 0 Å². The molecule has 4 heteroatoms. The van der Waals surface area contributed by atoms with E-state index in [9.17, 15) is 4.79 Å². The Kier molecular flexibility index (Phi) is 4.19. The number of rotatable bonds is 4. The molecule has 2 aromatic rings. The topological polar surface area (TPSA) is 46.5 Å². The highest BCUT2D eigenvalue weighted by Gasteiger charge is 2.04. The number of para-hydroxylation sites is 1. The van der Waals surface area contributed by atoms with Gasteiger partial charge in [-0.25, -0.2) is 4.79 Å². The van der Waals surface area contributed by atoms with E-state index in [1.807, 2.05) is 30.3 Å². The molecule has 0 bridgehead atoms. The highest BCUT2D eigenvalue weighted by molar-refractivity contribution is 14.1. The fraction of sp³-hybridized carbons (Fsp3) is 0.0714. The molecule has 0 radical (unpaired) electrons. The summed E-state index contributed by atoms with van der Waals surface area (Å²) in [5, 5.41) is 8.90. The van der Waals surface area contributed by atoms with Crippen molar-refractivity contribution in [3.63, 3.8) is 0 Å². The average molecular weight is 354 g/mol. The Morgan fingerprint density at radius 2 is 1.94 bits per heavy atom. The average Bonchev–Trinajstić information content (AvgIpc) is 2.38. The third kappa shape index (κ3) is 3.22. The molecule has 2 rings (SSSR count). The Hall–Kier alpha value is -1.56. The van der Waals surface area contributed by atoms with E-state index >= 15 is 0 Å². The van der Waals surface area contributed by atoms with Crippen LogP contribution in [-0.4, -0.2) is 11.1 Å². The maximum atomic E-state index is 10.8. The Labute approximate surface area is 119 Å². The number of aromatic carboxylic acids is 1. The molecule has 0 aliphatic carbocycles. The summed E-state index contributed by atoms with van der Waals surface area (Å²) in [6, 6.07) is 14.5. The lowest BCUT2D eigenvalue weighted by Gasteiger charge is -2.08. The first kappa shape index (κ1) is 12.9. The molecule has 0 fully saturated rings. The molecular weight excluding hydrogens is 343 g/mol. The second-order valence-electron chi connectivity index (χ2n) is 3.72. The predicted molar refractivity (Wildman–Crippen MR) is 76.9 cm³/mol. The van der Waals surface area contributed by atoms with Crippen LogP contribution < -0.4 is 4.74 Å². The highest BCUT2D eigenvalue weighted by atomic mass is 127. The van der Waals surface area contributed by atoms with Crippen molar-refractivity contribution in [2.24, 2.45) is 0 Å². The van der Waals surface area contributed by atoms with Crippen molar-refractivity contribution in [2.75, 3.05) is 0 Å². The lowest BCUT2D eigenvalue weighted by molar-refractivity contribution is 0.0696. The summed E-state index contributed by atoms with van der Waals surface area (Å²) >= 11 is 2.20. The zero-order chi connectivity index (χ0) is 13.0. The number of carbonyl (C=O) groups is 1. The van der Waals surface area contributed by atoms with Crippen LogP contribution in [0.25, 0.3) is 0 Å². The minimum Gasteiger partial charge on any atom is -0.488 e. The third-order valence-corrected chi connectivity index (χ3v) is 3.30. The summed E-state index contributed by atoms with van der Waals surface area (Å²) in [5.74, 6) is -0.120. The van der Waals surface area contributed by atoms with Crippen LogP contribution in [0.4, 0.5) is 0 Å². The first-order chi connectivity index (χ1) is 8.66. The number of halogens is 1. The SMILES string of the molecule is O=C(O)c1cccc(COc2ccccc2I)c1. The van der Waals surface area contributed by atoms with Gasteiger partial charge in [0.15, 0.2) is 0 Å². The lowest BCUT2D eigenvalue weighted by atomic mass is 10.1. The third-order valence-electron chi connectivity index (χ3n) is 2.40. The molecule has 0 amide bonds. The summed E-state index contributed by atoms with van der Waals surface area (Å²) < 4.78 is 6.69. The molecular formula is C14H11IO3. The van der Waals surface area contributed by atoms with Crippen LogP contribution >= 0.6 is 22.6 Å². The molecule has 0 saturated heterocycles. The first-order valence-corrected chi connectivity index (χ1v) is 6.44. The maximum Gasteiger partial charge on any atom is 0.335 e. The van der Waals surface area contributed by atoms with E-state index in [1.54, 1.807) is 18.2 Å². The summed E-state index contributed by atoms with van der Waals surface area (Å²) in [5.41, 5.74) is 1.12. The van der Waals surface area contributed by atoms with Gasteiger partial charge in [-0.3, -0.25) is 0 Å². The van der Waals surface area contributed by atoms with Gasteiger partial charge in [-0.15, -0.1) is 0 Å². The summed E-state index contributed by atoms with van der Waals surface area (Å²) in [7, 11) is 0. The minimum absolute atomic E-state index is 0.277. The van der Waals surface area contributed by atoms with Crippen molar-refractivity contribution < 1.29 is 14.6 Å². The molecule has 18 heavy (non-hydrogen) atoms. The molecule has 0 atom stereocenters. The highest BCUT2D eigenvalue weighted by Crippen LogP contribution is 2.21. The Bertz CT molecular complexity index is 566. The van der Waals surface area contributed by atoms with Crippen molar-refractivity contribution in [3.05, 3.63) is 63.2 Å². The van der Waals surface area contributed by atoms with Crippen LogP contribution in [0, 0.1) is 3.57 Å². The number of ether oxygens (including phenoxy) is 1. The molecule has 92 valence electrons. The molecule has 0 aromatic heterocycles. The van der Waals surface area contributed by atoms with Crippen molar-refractivity contribution in [2.45, 2.75) is 6.61 Å². The molecule has 0 unspecified atom stereocenters. The molecule has 0 saturated carbocycles. The van der Waals surface area contributed by atoms with E-state index in [2.05, 4.69) is 22.6 Å². The van der Waals surface area contributed by atoms with E-state index in [0.717, 1.165) is 14.9 Å². The number of benzene rings is 2. The monoisotopic (exact) mass is 354 g/mol. The van der Waals surface area contributed by atoms with E-state index in [4.69, 9.17) is 9.84 Å². The van der Waals surface area contributed by atoms with Gasteiger partial charge in [-0.2, -0.15) is 0 Å². The van der Waals surface area contributed by atoms with Gasteiger partial charge in [0.05, 0.1) is 9.13 Å². The van der Waals surface area contributed by atoms with Crippen molar-refractivity contribution >= 4 is 28.6 Å². The van der Waals surface area contributed by atoms with E-state index in [-0.39, 0.29) is 5.56 Å². The lowest BCUT2D eigenvalue weighted by Crippen LogP contribution is -2.00. The molecule has 3 nitrogen and oxygen atoms in total. The van der Waals surface area contributed by atoms with Gasteiger partial charge in [-0.1, -0.05) is 24.3 Å². The Morgan fingerprint density at radius 1 is 1.17 bits per heavy atom. The van der Waals surface area contributed by atoms with E-state index in [0.29, 0.717) is 6.61 Å². The molecule has 2 aromatic carbocycles. The standard InChI is InChI=1S/C14H11IO3/c15-12-6-1-2-7-13(12)18-9-10-4-3-5-11(8-10)14(16)17/h1-8H,9H2,(H,16,17). The van der Waals surface area contributed by atoms with Crippen LogP contribution in [0.1, 0.15) is 15.9 Å². The number of hydrogen-bond donors (Lipinski definition) is 1. The molecule has 0 aliphatic rings.